The van der Waals surface area contributed by atoms with E-state index in [4.69, 9.17) is 14.5 Å². The van der Waals surface area contributed by atoms with Crippen molar-refractivity contribution in [3.05, 3.63) is 77.6 Å². The molecule has 0 radical (unpaired) electrons. The summed E-state index contributed by atoms with van der Waals surface area (Å²) in [5, 5.41) is 0. The quantitative estimate of drug-likeness (QED) is 0.688. The number of aryl methyl sites for hydroxylation is 1. The van der Waals surface area contributed by atoms with E-state index in [0.29, 0.717) is 31.3 Å². The van der Waals surface area contributed by atoms with Crippen molar-refractivity contribution in [2.24, 2.45) is 0 Å². The van der Waals surface area contributed by atoms with Gasteiger partial charge in [-0.2, -0.15) is 0 Å². The predicted molar refractivity (Wildman–Crippen MR) is 107 cm³/mol. The maximum atomic E-state index is 12.5. The lowest BCUT2D eigenvalue weighted by molar-refractivity contribution is -0.170. The molecule has 0 bridgehead atoms. The third kappa shape index (κ3) is 3.25. The van der Waals surface area contributed by atoms with Gasteiger partial charge in [-0.15, -0.1) is 0 Å². The summed E-state index contributed by atoms with van der Waals surface area (Å²) in [5.74, 6) is 1.36. The van der Waals surface area contributed by atoms with Crippen LogP contribution >= 0.6 is 0 Å². The summed E-state index contributed by atoms with van der Waals surface area (Å²) in [7, 11) is 0. The fourth-order valence-corrected chi connectivity index (χ4v) is 3.87. The first-order chi connectivity index (χ1) is 14.1. The zero-order valence-corrected chi connectivity index (χ0v) is 16.2. The minimum Gasteiger partial charge on any atom is -0.484 e. The Bertz CT molecular complexity index is 1060. The SMILES string of the molecule is Cc1cccc(OCC(=O)N2CC3(C2)OCc2nc(-c4ccccc4)ncc23)c1. The molecule has 1 saturated heterocycles. The fourth-order valence-electron chi connectivity index (χ4n) is 3.87. The number of carbonyl (C=O) groups excluding carboxylic acids is 1. The zero-order valence-electron chi connectivity index (χ0n) is 16.2. The van der Waals surface area contributed by atoms with Gasteiger partial charge in [0.1, 0.15) is 11.4 Å². The minimum atomic E-state index is -0.483. The van der Waals surface area contributed by atoms with Crippen molar-refractivity contribution in [3.8, 4) is 17.1 Å². The number of fused-ring (bicyclic) bond motifs is 2. The molecule has 1 spiro atoms. The number of hydrogen-bond acceptors (Lipinski definition) is 5. The van der Waals surface area contributed by atoms with E-state index in [1.54, 1.807) is 4.90 Å². The van der Waals surface area contributed by atoms with Crippen molar-refractivity contribution in [1.29, 1.82) is 0 Å². The molecule has 0 aliphatic carbocycles. The van der Waals surface area contributed by atoms with Crippen molar-refractivity contribution >= 4 is 5.91 Å². The van der Waals surface area contributed by atoms with Gasteiger partial charge in [-0.25, -0.2) is 9.97 Å². The number of benzene rings is 2. The number of amides is 1. The molecule has 5 rings (SSSR count). The molecule has 0 unspecified atom stereocenters. The monoisotopic (exact) mass is 387 g/mol. The van der Waals surface area contributed by atoms with Crippen molar-refractivity contribution in [3.63, 3.8) is 0 Å². The fraction of sp³-hybridized carbons (Fsp3) is 0.261. The smallest absolute Gasteiger partial charge is 0.260 e. The maximum Gasteiger partial charge on any atom is 0.260 e. The molecule has 0 atom stereocenters. The van der Waals surface area contributed by atoms with Gasteiger partial charge in [-0.3, -0.25) is 4.79 Å². The Morgan fingerprint density at radius 2 is 2.00 bits per heavy atom. The van der Waals surface area contributed by atoms with E-state index in [0.717, 1.165) is 22.4 Å². The molecule has 1 aromatic heterocycles. The topological polar surface area (TPSA) is 64.5 Å². The van der Waals surface area contributed by atoms with Gasteiger partial charge in [0.2, 0.25) is 0 Å². The Morgan fingerprint density at radius 1 is 1.17 bits per heavy atom. The summed E-state index contributed by atoms with van der Waals surface area (Å²) in [6, 6.07) is 17.6. The average molecular weight is 387 g/mol. The van der Waals surface area contributed by atoms with Gasteiger partial charge >= 0.3 is 0 Å². The Morgan fingerprint density at radius 3 is 2.79 bits per heavy atom. The standard InChI is InChI=1S/C23H21N3O3/c1-16-6-5-9-18(10-16)28-13-21(27)26-14-23(15-26)19-11-24-22(25-20(19)12-29-23)17-7-3-2-4-8-17/h2-11H,12-15H2,1H3. The zero-order chi connectivity index (χ0) is 19.8. The van der Waals surface area contributed by atoms with Gasteiger partial charge in [0, 0.05) is 17.3 Å². The van der Waals surface area contributed by atoms with Gasteiger partial charge in [-0.05, 0) is 24.6 Å². The van der Waals surface area contributed by atoms with Crippen LogP contribution in [0.25, 0.3) is 11.4 Å². The first-order valence-electron chi connectivity index (χ1n) is 9.66. The maximum absolute atomic E-state index is 12.5. The third-order valence-corrected chi connectivity index (χ3v) is 5.47. The van der Waals surface area contributed by atoms with Crippen LogP contribution in [-0.2, 0) is 21.7 Å². The molecule has 2 aliphatic rings. The summed E-state index contributed by atoms with van der Waals surface area (Å²) >= 11 is 0. The van der Waals surface area contributed by atoms with Crippen LogP contribution < -0.4 is 4.74 Å². The van der Waals surface area contributed by atoms with Crippen LogP contribution in [0, 0.1) is 6.92 Å². The summed E-state index contributed by atoms with van der Waals surface area (Å²) < 4.78 is 11.7. The Kier molecular flexibility index (Phi) is 4.28. The van der Waals surface area contributed by atoms with Crippen LogP contribution in [0.5, 0.6) is 5.75 Å². The van der Waals surface area contributed by atoms with Crippen molar-refractivity contribution in [1.82, 2.24) is 14.9 Å². The molecule has 1 fully saturated rings. The predicted octanol–water partition coefficient (Wildman–Crippen LogP) is 3.10. The Balaban J connectivity index is 1.24. The lowest BCUT2D eigenvalue weighted by Crippen LogP contribution is -2.62. The van der Waals surface area contributed by atoms with Gasteiger partial charge in [0.25, 0.3) is 5.91 Å². The summed E-state index contributed by atoms with van der Waals surface area (Å²) in [6.45, 7) is 3.47. The first kappa shape index (κ1) is 17.8. The van der Waals surface area contributed by atoms with Gasteiger partial charge in [-0.1, -0.05) is 42.5 Å². The molecule has 0 saturated carbocycles. The largest absolute Gasteiger partial charge is 0.484 e. The van der Waals surface area contributed by atoms with Crippen molar-refractivity contribution < 1.29 is 14.3 Å². The van der Waals surface area contributed by atoms with Gasteiger partial charge in [0.15, 0.2) is 12.4 Å². The molecule has 0 N–H and O–H groups in total. The second kappa shape index (κ2) is 6.97. The summed E-state index contributed by atoms with van der Waals surface area (Å²) in [4.78, 5) is 23.5. The first-order valence-corrected chi connectivity index (χ1v) is 9.66. The Labute approximate surface area is 169 Å². The lowest BCUT2D eigenvalue weighted by atomic mass is 9.87. The second-order valence-corrected chi connectivity index (χ2v) is 7.56. The molecule has 2 aromatic carbocycles. The molecule has 1 amide bonds. The summed E-state index contributed by atoms with van der Waals surface area (Å²) in [6.07, 6.45) is 1.85. The highest BCUT2D eigenvalue weighted by atomic mass is 16.5. The highest BCUT2D eigenvalue weighted by Gasteiger charge is 2.52. The highest BCUT2D eigenvalue weighted by Crippen LogP contribution is 2.42. The van der Waals surface area contributed by atoms with Crippen LogP contribution in [0.2, 0.25) is 0 Å². The summed E-state index contributed by atoms with van der Waals surface area (Å²) in [5.41, 5.74) is 3.49. The number of ether oxygens (including phenoxy) is 2. The van der Waals surface area contributed by atoms with E-state index in [1.807, 2.05) is 67.7 Å². The molecule has 6 nitrogen and oxygen atoms in total. The van der Waals surface area contributed by atoms with Crippen molar-refractivity contribution in [2.45, 2.75) is 19.1 Å². The number of nitrogens with zero attached hydrogens (tertiary/aromatic N) is 3. The van der Waals surface area contributed by atoms with E-state index < -0.39 is 5.60 Å². The number of aromatic nitrogens is 2. The van der Waals surface area contributed by atoms with Gasteiger partial charge < -0.3 is 14.4 Å². The molecule has 29 heavy (non-hydrogen) atoms. The number of likely N-dealkylation sites (tertiary alicyclic amines) is 1. The molecule has 3 heterocycles. The molecule has 146 valence electrons. The highest BCUT2D eigenvalue weighted by molar-refractivity contribution is 5.79. The minimum absolute atomic E-state index is 0.0236. The van der Waals surface area contributed by atoms with E-state index >= 15 is 0 Å². The second-order valence-electron chi connectivity index (χ2n) is 7.56. The number of rotatable bonds is 4. The van der Waals surface area contributed by atoms with E-state index in [2.05, 4.69) is 4.98 Å². The molecular formula is C23H21N3O3. The molecule has 3 aromatic rings. The van der Waals surface area contributed by atoms with E-state index in [-0.39, 0.29) is 12.5 Å². The van der Waals surface area contributed by atoms with E-state index in [1.165, 1.54) is 0 Å². The van der Waals surface area contributed by atoms with Crippen LogP contribution in [0.15, 0.2) is 60.8 Å². The molecule has 6 heteroatoms. The third-order valence-electron chi connectivity index (χ3n) is 5.47. The normalized spacial score (nSPS) is 16.4. The van der Waals surface area contributed by atoms with Crippen LogP contribution in [0.3, 0.4) is 0 Å². The number of hydrogen-bond donors (Lipinski definition) is 0. The van der Waals surface area contributed by atoms with Gasteiger partial charge in [0.05, 0.1) is 25.4 Å². The lowest BCUT2D eigenvalue weighted by Gasteiger charge is -2.47. The van der Waals surface area contributed by atoms with Crippen LogP contribution in [-0.4, -0.2) is 40.5 Å². The van der Waals surface area contributed by atoms with Crippen LogP contribution in [0.1, 0.15) is 16.8 Å². The molecular weight excluding hydrogens is 366 g/mol. The van der Waals surface area contributed by atoms with Crippen LogP contribution in [0.4, 0.5) is 0 Å². The Hall–Kier alpha value is -3.25. The van der Waals surface area contributed by atoms with E-state index in [9.17, 15) is 4.79 Å². The van der Waals surface area contributed by atoms with Crippen molar-refractivity contribution in [2.75, 3.05) is 19.7 Å². The number of carbonyl (C=O) groups is 1. The molecule has 2 aliphatic heterocycles. The average Bonchev–Trinajstić information content (AvgIpc) is 3.11.